The summed E-state index contributed by atoms with van der Waals surface area (Å²) in [6.45, 7) is 1.87. The van der Waals surface area contributed by atoms with Crippen LogP contribution in [-0.2, 0) is 23.1 Å². The van der Waals surface area contributed by atoms with Gasteiger partial charge in [-0.1, -0.05) is 17.7 Å². The van der Waals surface area contributed by atoms with Gasteiger partial charge in [0.25, 0.3) is 5.56 Å². The summed E-state index contributed by atoms with van der Waals surface area (Å²) >= 11 is 0. The second-order valence-corrected chi connectivity index (χ2v) is 6.86. The number of imidazole rings is 1. The van der Waals surface area contributed by atoms with E-state index < -0.39 is 11.2 Å². The van der Waals surface area contributed by atoms with Crippen LogP contribution in [0.5, 0.6) is 0 Å². The first kappa shape index (κ1) is 20.1. The smallest absolute Gasteiger partial charge is 0.329 e. The van der Waals surface area contributed by atoms with Gasteiger partial charge >= 0.3 is 5.69 Å². The average Bonchev–Trinajstić information content (AvgIpc) is 3.11. The molecule has 0 bridgehead atoms. The van der Waals surface area contributed by atoms with Crippen LogP contribution in [-0.4, -0.2) is 49.8 Å². The van der Waals surface area contributed by atoms with Gasteiger partial charge in [0.05, 0.1) is 6.54 Å². The maximum Gasteiger partial charge on any atom is 0.329 e. The van der Waals surface area contributed by atoms with Crippen LogP contribution in [0.1, 0.15) is 17.8 Å². The van der Waals surface area contributed by atoms with Crippen molar-refractivity contribution in [2.45, 2.75) is 19.8 Å². The predicted molar refractivity (Wildman–Crippen MR) is 108 cm³/mol. The summed E-state index contributed by atoms with van der Waals surface area (Å²) < 4.78 is 1.22. The van der Waals surface area contributed by atoms with E-state index in [1.165, 1.54) is 16.5 Å². The molecule has 0 aliphatic rings. The van der Waals surface area contributed by atoms with Crippen molar-refractivity contribution in [2.75, 3.05) is 18.9 Å². The maximum absolute atomic E-state index is 12.3. The van der Waals surface area contributed by atoms with E-state index in [1.54, 1.807) is 19.2 Å². The van der Waals surface area contributed by atoms with E-state index in [1.807, 2.05) is 19.1 Å². The second-order valence-electron chi connectivity index (χ2n) is 6.86. The highest BCUT2D eigenvalue weighted by atomic mass is 16.2. The highest BCUT2D eigenvalue weighted by Gasteiger charge is 2.16. The van der Waals surface area contributed by atoms with Crippen molar-refractivity contribution >= 4 is 28.7 Å². The molecule has 2 amide bonds. The summed E-state index contributed by atoms with van der Waals surface area (Å²) in [5, 5.41) is 2.74. The van der Waals surface area contributed by atoms with Crippen molar-refractivity contribution < 1.29 is 9.59 Å². The molecule has 0 spiro atoms. The molecule has 3 aromatic rings. The van der Waals surface area contributed by atoms with Gasteiger partial charge in [-0.2, -0.15) is 0 Å². The van der Waals surface area contributed by atoms with Gasteiger partial charge in [0.2, 0.25) is 11.8 Å². The number of aromatic nitrogens is 4. The van der Waals surface area contributed by atoms with E-state index in [4.69, 9.17) is 0 Å². The van der Waals surface area contributed by atoms with Gasteiger partial charge in [-0.05, 0) is 19.1 Å². The third-order valence-electron chi connectivity index (χ3n) is 4.52. The van der Waals surface area contributed by atoms with E-state index in [9.17, 15) is 19.2 Å². The summed E-state index contributed by atoms with van der Waals surface area (Å²) in [6.07, 6.45) is 0.338. The molecule has 0 unspecified atom stereocenters. The minimum absolute atomic E-state index is 0.0823. The molecular weight excluding hydrogens is 376 g/mol. The SMILES string of the molecule is Cc1ccc(NC(=O)CN(C)C(=O)CCc2nc3c([nH]2)c(=O)[nH]c(=O)n3C)cc1. The number of nitrogens with one attached hydrogen (secondary N) is 3. The molecule has 2 heterocycles. The highest BCUT2D eigenvalue weighted by molar-refractivity contribution is 5.94. The van der Waals surface area contributed by atoms with E-state index in [-0.39, 0.29) is 42.4 Å². The van der Waals surface area contributed by atoms with E-state index >= 15 is 0 Å². The Kier molecular flexibility index (Phi) is 5.62. The quantitative estimate of drug-likeness (QED) is 0.549. The largest absolute Gasteiger partial charge is 0.336 e. The fourth-order valence-corrected chi connectivity index (χ4v) is 2.83. The third-order valence-corrected chi connectivity index (χ3v) is 4.52. The van der Waals surface area contributed by atoms with E-state index in [0.29, 0.717) is 11.5 Å². The van der Waals surface area contributed by atoms with Gasteiger partial charge in [-0.3, -0.25) is 23.9 Å². The van der Waals surface area contributed by atoms with Crippen LogP contribution in [0.25, 0.3) is 11.2 Å². The normalized spacial score (nSPS) is 10.9. The first-order valence-electron chi connectivity index (χ1n) is 9.03. The second kappa shape index (κ2) is 8.13. The number of benzene rings is 1. The molecule has 0 aliphatic heterocycles. The molecule has 3 N–H and O–H groups in total. The van der Waals surface area contributed by atoms with Crippen LogP contribution in [0.3, 0.4) is 0 Å². The van der Waals surface area contributed by atoms with Crippen LogP contribution in [0.2, 0.25) is 0 Å². The number of nitrogens with zero attached hydrogens (tertiary/aromatic N) is 3. The summed E-state index contributed by atoms with van der Waals surface area (Å²) in [6, 6.07) is 7.37. The van der Waals surface area contributed by atoms with Crippen molar-refractivity contribution in [2.24, 2.45) is 7.05 Å². The fourth-order valence-electron chi connectivity index (χ4n) is 2.83. The number of hydrogen-bond donors (Lipinski definition) is 3. The lowest BCUT2D eigenvalue weighted by molar-refractivity contribution is -0.133. The zero-order valence-electron chi connectivity index (χ0n) is 16.4. The molecule has 0 radical (unpaired) electrons. The van der Waals surface area contributed by atoms with E-state index in [2.05, 4.69) is 20.3 Å². The minimum atomic E-state index is -0.559. The molecule has 0 saturated heterocycles. The summed E-state index contributed by atoms with van der Waals surface area (Å²) in [5.74, 6) is -0.125. The minimum Gasteiger partial charge on any atom is -0.336 e. The molecule has 3 rings (SSSR count). The van der Waals surface area contributed by atoms with Crippen LogP contribution in [0.15, 0.2) is 33.9 Å². The summed E-state index contributed by atoms with van der Waals surface area (Å²) in [5.41, 5.74) is 1.05. The standard InChI is InChI=1S/C19H22N6O4/c1-11-4-6-12(7-5-11)20-14(26)10-24(2)15(27)9-8-13-21-16-17(22-13)25(3)19(29)23-18(16)28/h4-7H,8-10H2,1-3H3,(H,20,26)(H,21,22)(H,23,28,29). The molecule has 2 aromatic heterocycles. The van der Waals surface area contributed by atoms with Gasteiger partial charge in [0, 0.05) is 32.6 Å². The maximum atomic E-state index is 12.3. The van der Waals surface area contributed by atoms with Gasteiger partial charge < -0.3 is 15.2 Å². The molecule has 29 heavy (non-hydrogen) atoms. The van der Waals surface area contributed by atoms with Crippen molar-refractivity contribution in [1.29, 1.82) is 0 Å². The lowest BCUT2D eigenvalue weighted by atomic mass is 10.2. The zero-order valence-corrected chi connectivity index (χ0v) is 16.4. The van der Waals surface area contributed by atoms with Crippen LogP contribution in [0.4, 0.5) is 5.69 Å². The number of amides is 2. The number of fused-ring (bicyclic) bond motifs is 1. The van der Waals surface area contributed by atoms with Gasteiger partial charge in [0.1, 0.15) is 11.3 Å². The summed E-state index contributed by atoms with van der Waals surface area (Å²) in [4.78, 5) is 58.5. The Morgan fingerprint density at radius 1 is 1.17 bits per heavy atom. The van der Waals surface area contributed by atoms with Crippen LogP contribution >= 0.6 is 0 Å². The first-order chi connectivity index (χ1) is 13.7. The molecular formula is C19H22N6O4. The molecule has 1 aromatic carbocycles. The number of likely N-dealkylation sites (N-methyl/N-ethyl adjacent to an activating group) is 1. The fraction of sp³-hybridized carbons (Fsp3) is 0.316. The van der Waals surface area contributed by atoms with Crippen LogP contribution in [0, 0.1) is 6.92 Å². The Hall–Kier alpha value is -3.69. The lowest BCUT2D eigenvalue weighted by Crippen LogP contribution is -2.35. The topological polar surface area (TPSA) is 133 Å². The van der Waals surface area contributed by atoms with Crippen molar-refractivity contribution in [3.8, 4) is 0 Å². The Balaban J connectivity index is 1.58. The van der Waals surface area contributed by atoms with Gasteiger partial charge in [-0.15, -0.1) is 0 Å². The molecule has 0 saturated carbocycles. The number of hydrogen-bond acceptors (Lipinski definition) is 5. The number of aryl methyl sites for hydroxylation is 3. The molecule has 152 valence electrons. The van der Waals surface area contributed by atoms with E-state index in [0.717, 1.165) is 5.56 Å². The number of anilines is 1. The number of rotatable bonds is 6. The van der Waals surface area contributed by atoms with Crippen molar-refractivity contribution in [3.63, 3.8) is 0 Å². The predicted octanol–water partition coefficient (Wildman–Crippen LogP) is 0.288. The number of carbonyl (C=O) groups is 2. The van der Waals surface area contributed by atoms with Crippen molar-refractivity contribution in [1.82, 2.24) is 24.4 Å². The molecule has 0 atom stereocenters. The Labute approximate surface area is 165 Å². The van der Waals surface area contributed by atoms with Gasteiger partial charge in [0.15, 0.2) is 5.65 Å². The molecule has 0 fully saturated rings. The average molecular weight is 398 g/mol. The third kappa shape index (κ3) is 4.60. The number of carbonyl (C=O) groups excluding carboxylic acids is 2. The monoisotopic (exact) mass is 398 g/mol. The highest BCUT2D eigenvalue weighted by Crippen LogP contribution is 2.09. The Morgan fingerprint density at radius 2 is 1.86 bits per heavy atom. The molecule has 0 aliphatic carbocycles. The van der Waals surface area contributed by atoms with Crippen LogP contribution < -0.4 is 16.6 Å². The molecule has 10 heteroatoms. The first-order valence-corrected chi connectivity index (χ1v) is 9.03. The summed E-state index contributed by atoms with van der Waals surface area (Å²) in [7, 11) is 3.04. The zero-order chi connectivity index (χ0) is 21.1. The van der Waals surface area contributed by atoms with Gasteiger partial charge in [-0.25, -0.2) is 9.78 Å². The molecule has 10 nitrogen and oxygen atoms in total. The number of H-pyrrole nitrogens is 2. The lowest BCUT2D eigenvalue weighted by Gasteiger charge is -2.16. The Bertz CT molecular complexity index is 1170. The van der Waals surface area contributed by atoms with Crippen molar-refractivity contribution in [3.05, 3.63) is 56.5 Å². The number of aromatic amines is 2. The Morgan fingerprint density at radius 3 is 2.55 bits per heavy atom.